The van der Waals surface area contributed by atoms with Crippen LogP contribution in [0, 0.1) is 11.8 Å². The number of carboxylic acid groups (broad SMARTS) is 1. The number of carbonyl (C=O) groups is 2. The van der Waals surface area contributed by atoms with Gasteiger partial charge in [-0.25, -0.2) is 4.98 Å². The first-order valence-corrected chi connectivity index (χ1v) is 5.99. The van der Waals surface area contributed by atoms with Crippen LogP contribution in [0.5, 0.6) is 0 Å². The number of amides is 1. The lowest BCUT2D eigenvalue weighted by Crippen LogP contribution is -2.45. The van der Waals surface area contributed by atoms with Gasteiger partial charge in [-0.15, -0.1) is 0 Å². The molecule has 0 saturated carbocycles. The van der Waals surface area contributed by atoms with Gasteiger partial charge in [0, 0.05) is 26.3 Å². The topological polar surface area (TPSA) is 75.4 Å². The van der Waals surface area contributed by atoms with Crippen molar-refractivity contribution in [2.24, 2.45) is 18.9 Å². The predicted octanol–water partition coefficient (Wildman–Crippen LogP) is 0.603. The van der Waals surface area contributed by atoms with Crippen molar-refractivity contribution in [3.8, 4) is 0 Å². The van der Waals surface area contributed by atoms with Gasteiger partial charge in [0.2, 0.25) is 0 Å². The molecule has 18 heavy (non-hydrogen) atoms. The molecule has 6 heteroatoms. The Hall–Kier alpha value is -1.85. The normalized spacial score (nSPS) is 24.0. The molecule has 1 aromatic heterocycles. The summed E-state index contributed by atoms with van der Waals surface area (Å²) in [4.78, 5) is 28.8. The van der Waals surface area contributed by atoms with Crippen molar-refractivity contribution < 1.29 is 14.7 Å². The third-order valence-electron chi connectivity index (χ3n) is 3.43. The number of nitrogens with zero attached hydrogens (tertiary/aromatic N) is 3. The minimum Gasteiger partial charge on any atom is -0.481 e. The lowest BCUT2D eigenvalue weighted by Gasteiger charge is -2.34. The zero-order valence-corrected chi connectivity index (χ0v) is 10.5. The molecular formula is C12H17N3O3. The molecule has 0 bridgehead atoms. The first kappa shape index (κ1) is 12.6. The van der Waals surface area contributed by atoms with E-state index in [9.17, 15) is 9.59 Å². The Labute approximate surface area is 105 Å². The Balaban J connectivity index is 2.04. The second-order valence-electron chi connectivity index (χ2n) is 4.89. The third-order valence-corrected chi connectivity index (χ3v) is 3.43. The van der Waals surface area contributed by atoms with Crippen molar-refractivity contribution in [2.75, 3.05) is 13.1 Å². The van der Waals surface area contributed by atoms with Crippen LogP contribution in [0.25, 0.3) is 0 Å². The SMILES string of the molecule is CC1CN(C(=O)c2cn(C)cn2)CCC1C(=O)O. The van der Waals surface area contributed by atoms with E-state index in [0.717, 1.165) is 0 Å². The number of aromatic nitrogens is 2. The van der Waals surface area contributed by atoms with Crippen molar-refractivity contribution in [3.63, 3.8) is 0 Å². The van der Waals surface area contributed by atoms with Crippen molar-refractivity contribution in [2.45, 2.75) is 13.3 Å². The van der Waals surface area contributed by atoms with E-state index in [2.05, 4.69) is 4.98 Å². The standard InChI is InChI=1S/C12H17N3O3/c1-8-5-15(4-3-9(8)12(17)18)11(16)10-6-14(2)7-13-10/h6-9H,3-5H2,1-2H3,(H,17,18). The van der Waals surface area contributed by atoms with E-state index in [1.165, 1.54) is 0 Å². The molecule has 0 aliphatic carbocycles. The third kappa shape index (κ3) is 2.37. The first-order chi connectivity index (χ1) is 8.49. The minimum atomic E-state index is -0.771. The second-order valence-corrected chi connectivity index (χ2v) is 4.89. The maximum absolute atomic E-state index is 12.1. The Bertz CT molecular complexity index is 469. The monoisotopic (exact) mass is 251 g/mol. The van der Waals surface area contributed by atoms with Crippen LogP contribution in [-0.4, -0.2) is 44.5 Å². The summed E-state index contributed by atoms with van der Waals surface area (Å²) in [7, 11) is 1.81. The fourth-order valence-electron chi connectivity index (χ4n) is 2.38. The molecule has 2 rings (SSSR count). The van der Waals surface area contributed by atoms with Gasteiger partial charge in [0.05, 0.1) is 12.2 Å². The number of piperidine rings is 1. The van der Waals surface area contributed by atoms with Crippen molar-refractivity contribution >= 4 is 11.9 Å². The summed E-state index contributed by atoms with van der Waals surface area (Å²) < 4.78 is 1.72. The Morgan fingerprint density at radius 3 is 2.72 bits per heavy atom. The average molecular weight is 251 g/mol. The number of hydrogen-bond acceptors (Lipinski definition) is 3. The first-order valence-electron chi connectivity index (χ1n) is 5.99. The summed E-state index contributed by atoms with van der Waals surface area (Å²) in [6.45, 7) is 2.83. The highest BCUT2D eigenvalue weighted by Crippen LogP contribution is 2.24. The van der Waals surface area contributed by atoms with Crippen LogP contribution in [0.2, 0.25) is 0 Å². The van der Waals surface area contributed by atoms with Crippen molar-refractivity contribution in [3.05, 3.63) is 18.2 Å². The van der Waals surface area contributed by atoms with Gasteiger partial charge in [-0.2, -0.15) is 0 Å². The summed E-state index contributed by atoms with van der Waals surface area (Å²) in [5.41, 5.74) is 0.415. The molecule has 2 unspecified atom stereocenters. The number of carbonyl (C=O) groups excluding carboxylic acids is 1. The van der Waals surface area contributed by atoms with E-state index in [1.807, 2.05) is 14.0 Å². The summed E-state index contributed by atoms with van der Waals surface area (Å²) in [6, 6.07) is 0. The molecule has 1 saturated heterocycles. The van der Waals surface area contributed by atoms with E-state index in [4.69, 9.17) is 5.11 Å². The Morgan fingerprint density at radius 2 is 2.22 bits per heavy atom. The molecular weight excluding hydrogens is 234 g/mol. The number of imidazole rings is 1. The van der Waals surface area contributed by atoms with Crippen LogP contribution in [0.4, 0.5) is 0 Å². The lowest BCUT2D eigenvalue weighted by molar-refractivity contribution is -0.145. The van der Waals surface area contributed by atoms with Gasteiger partial charge in [-0.3, -0.25) is 9.59 Å². The number of likely N-dealkylation sites (tertiary alicyclic amines) is 1. The van der Waals surface area contributed by atoms with Crippen LogP contribution in [-0.2, 0) is 11.8 Å². The van der Waals surface area contributed by atoms with Crippen LogP contribution in [0.3, 0.4) is 0 Å². The zero-order valence-electron chi connectivity index (χ0n) is 10.5. The maximum Gasteiger partial charge on any atom is 0.306 e. The lowest BCUT2D eigenvalue weighted by atomic mass is 9.87. The van der Waals surface area contributed by atoms with Gasteiger partial charge < -0.3 is 14.6 Å². The summed E-state index contributed by atoms with van der Waals surface area (Å²) in [5, 5.41) is 9.03. The van der Waals surface area contributed by atoms with Crippen molar-refractivity contribution in [1.29, 1.82) is 0 Å². The highest BCUT2D eigenvalue weighted by Gasteiger charge is 2.33. The van der Waals surface area contributed by atoms with Gasteiger partial charge in [-0.05, 0) is 12.3 Å². The quantitative estimate of drug-likeness (QED) is 0.835. The molecule has 1 amide bonds. The molecule has 1 aromatic rings. The number of hydrogen-bond donors (Lipinski definition) is 1. The molecule has 6 nitrogen and oxygen atoms in total. The molecule has 2 atom stereocenters. The molecule has 2 heterocycles. The van der Waals surface area contributed by atoms with E-state index in [0.29, 0.717) is 25.2 Å². The average Bonchev–Trinajstić information content (AvgIpc) is 2.74. The highest BCUT2D eigenvalue weighted by molar-refractivity contribution is 5.92. The number of aryl methyl sites for hydroxylation is 1. The van der Waals surface area contributed by atoms with Crippen LogP contribution >= 0.6 is 0 Å². The smallest absolute Gasteiger partial charge is 0.306 e. The number of aliphatic carboxylic acids is 1. The predicted molar refractivity (Wildman–Crippen MR) is 64.0 cm³/mol. The van der Waals surface area contributed by atoms with Gasteiger partial charge in [0.1, 0.15) is 5.69 Å². The molecule has 0 radical (unpaired) electrons. The largest absolute Gasteiger partial charge is 0.481 e. The molecule has 1 aliphatic rings. The van der Waals surface area contributed by atoms with E-state index >= 15 is 0 Å². The van der Waals surface area contributed by atoms with Crippen LogP contribution in [0.1, 0.15) is 23.8 Å². The molecule has 0 spiro atoms. The van der Waals surface area contributed by atoms with Crippen molar-refractivity contribution in [1.82, 2.24) is 14.5 Å². The number of carboxylic acids is 1. The second kappa shape index (κ2) is 4.80. The fourth-order valence-corrected chi connectivity index (χ4v) is 2.38. The summed E-state index contributed by atoms with van der Waals surface area (Å²) in [6.07, 6.45) is 3.77. The molecule has 1 fully saturated rings. The molecule has 0 aromatic carbocycles. The maximum atomic E-state index is 12.1. The van der Waals surface area contributed by atoms with E-state index < -0.39 is 5.97 Å². The summed E-state index contributed by atoms with van der Waals surface area (Å²) >= 11 is 0. The molecule has 1 N–H and O–H groups in total. The Morgan fingerprint density at radius 1 is 1.50 bits per heavy atom. The van der Waals surface area contributed by atoms with Crippen LogP contribution in [0.15, 0.2) is 12.5 Å². The van der Waals surface area contributed by atoms with E-state index in [-0.39, 0.29) is 17.7 Å². The fraction of sp³-hybridized carbons (Fsp3) is 0.583. The van der Waals surface area contributed by atoms with Gasteiger partial charge in [0.15, 0.2) is 0 Å². The number of rotatable bonds is 2. The molecule has 98 valence electrons. The Kier molecular flexibility index (Phi) is 3.36. The van der Waals surface area contributed by atoms with E-state index in [1.54, 1.807) is 22.0 Å². The van der Waals surface area contributed by atoms with Gasteiger partial charge in [0.25, 0.3) is 5.91 Å². The zero-order chi connectivity index (χ0) is 13.3. The van der Waals surface area contributed by atoms with Gasteiger partial charge in [-0.1, -0.05) is 6.92 Å². The molecule has 1 aliphatic heterocycles. The minimum absolute atomic E-state index is 0.0242. The highest BCUT2D eigenvalue weighted by atomic mass is 16.4. The summed E-state index contributed by atoms with van der Waals surface area (Å²) in [5.74, 6) is -1.26. The van der Waals surface area contributed by atoms with Gasteiger partial charge >= 0.3 is 5.97 Å². The van der Waals surface area contributed by atoms with Crippen LogP contribution < -0.4 is 0 Å².